The zero-order valence-electron chi connectivity index (χ0n) is 11.2. The third-order valence-corrected chi connectivity index (χ3v) is 3.00. The van der Waals surface area contributed by atoms with Crippen molar-refractivity contribution in [3.63, 3.8) is 0 Å². The van der Waals surface area contributed by atoms with Gasteiger partial charge in [0, 0.05) is 11.8 Å². The molecule has 1 amide bonds. The number of rotatable bonds is 6. The molecule has 0 saturated carbocycles. The van der Waals surface area contributed by atoms with Gasteiger partial charge >= 0.3 is 0 Å². The lowest BCUT2D eigenvalue weighted by Crippen LogP contribution is -2.32. The third kappa shape index (κ3) is 3.82. The molecular weight excluding hydrogens is 264 g/mol. The summed E-state index contributed by atoms with van der Waals surface area (Å²) in [6.45, 7) is 1.86. The van der Waals surface area contributed by atoms with Crippen molar-refractivity contribution in [2.45, 2.75) is 13.3 Å². The van der Waals surface area contributed by atoms with Crippen LogP contribution in [0.5, 0.6) is 11.5 Å². The van der Waals surface area contributed by atoms with Crippen LogP contribution < -0.4 is 20.5 Å². The molecule has 1 unspecified atom stereocenters. The molecule has 19 heavy (non-hydrogen) atoms. The van der Waals surface area contributed by atoms with Crippen LogP contribution in [0, 0.1) is 5.92 Å². The molecule has 0 heterocycles. The Labute approximate surface area is 118 Å². The number of ether oxygens (including phenoxy) is 2. The summed E-state index contributed by atoms with van der Waals surface area (Å²) >= 11 is 4.87. The summed E-state index contributed by atoms with van der Waals surface area (Å²) in [5.41, 5.74) is 6.14. The third-order valence-electron chi connectivity index (χ3n) is 2.72. The number of benzene rings is 1. The van der Waals surface area contributed by atoms with Crippen LogP contribution in [0.4, 0.5) is 5.69 Å². The molecule has 0 spiro atoms. The summed E-state index contributed by atoms with van der Waals surface area (Å²) in [6, 6.07) is 5.13. The molecule has 0 radical (unpaired) electrons. The van der Waals surface area contributed by atoms with Crippen molar-refractivity contribution in [2.75, 3.05) is 19.5 Å². The molecule has 0 fully saturated rings. The van der Waals surface area contributed by atoms with E-state index in [-0.39, 0.29) is 10.9 Å². The molecule has 0 aliphatic rings. The van der Waals surface area contributed by atoms with E-state index >= 15 is 0 Å². The molecule has 1 aromatic carbocycles. The number of methoxy groups -OCH3 is 2. The van der Waals surface area contributed by atoms with E-state index in [9.17, 15) is 4.79 Å². The smallest absolute Gasteiger partial charge is 0.234 e. The van der Waals surface area contributed by atoms with Crippen LogP contribution in [0.3, 0.4) is 0 Å². The summed E-state index contributed by atoms with van der Waals surface area (Å²) in [6.07, 6.45) is 0.564. The van der Waals surface area contributed by atoms with Crippen LogP contribution in [0.15, 0.2) is 18.2 Å². The van der Waals surface area contributed by atoms with Crippen molar-refractivity contribution < 1.29 is 14.3 Å². The lowest BCUT2D eigenvalue weighted by atomic mass is 10.1. The van der Waals surface area contributed by atoms with Crippen molar-refractivity contribution in [1.29, 1.82) is 0 Å². The Balaban J connectivity index is 2.88. The minimum atomic E-state index is -0.469. The number of nitrogens with two attached hydrogens (primary N) is 1. The van der Waals surface area contributed by atoms with Gasteiger partial charge in [0.05, 0.1) is 25.1 Å². The van der Waals surface area contributed by atoms with Crippen LogP contribution in [0.2, 0.25) is 0 Å². The fourth-order valence-electron chi connectivity index (χ4n) is 1.66. The minimum absolute atomic E-state index is 0.195. The Morgan fingerprint density at radius 3 is 2.47 bits per heavy atom. The largest absolute Gasteiger partial charge is 0.493 e. The molecule has 1 rings (SSSR count). The zero-order chi connectivity index (χ0) is 14.4. The van der Waals surface area contributed by atoms with Gasteiger partial charge in [-0.3, -0.25) is 4.79 Å². The maximum absolute atomic E-state index is 12.0. The molecule has 0 bridgehead atoms. The SMILES string of the molecule is CCC(C(=O)Nc1ccc(OC)c(OC)c1)C(N)=S. The first-order valence-corrected chi connectivity index (χ1v) is 6.26. The van der Waals surface area contributed by atoms with E-state index in [0.717, 1.165) is 0 Å². The molecule has 1 aromatic rings. The number of carbonyl (C=O) groups excluding carboxylic acids is 1. The van der Waals surface area contributed by atoms with Crippen LogP contribution in [0.1, 0.15) is 13.3 Å². The standard InChI is InChI=1S/C13H18N2O3S/c1-4-9(12(14)19)13(16)15-8-5-6-10(17-2)11(7-8)18-3/h5-7,9H,4H2,1-3H3,(H2,14,19)(H,15,16). The predicted molar refractivity (Wildman–Crippen MR) is 78.7 cm³/mol. The topological polar surface area (TPSA) is 73.6 Å². The van der Waals surface area contributed by atoms with Crippen LogP contribution >= 0.6 is 12.2 Å². The van der Waals surface area contributed by atoms with E-state index < -0.39 is 5.92 Å². The van der Waals surface area contributed by atoms with Gasteiger partial charge in [-0.2, -0.15) is 0 Å². The average Bonchev–Trinajstić information content (AvgIpc) is 2.38. The molecule has 3 N–H and O–H groups in total. The fourth-order valence-corrected chi connectivity index (χ4v) is 1.93. The maximum atomic E-state index is 12.0. The summed E-state index contributed by atoms with van der Waals surface area (Å²) in [4.78, 5) is 12.2. The number of amides is 1. The predicted octanol–water partition coefficient (Wildman–Crippen LogP) is 1.95. The maximum Gasteiger partial charge on any atom is 0.234 e. The highest BCUT2D eigenvalue weighted by Gasteiger charge is 2.19. The van der Waals surface area contributed by atoms with Crippen molar-refractivity contribution in [1.82, 2.24) is 0 Å². The Bertz CT molecular complexity index is 477. The van der Waals surface area contributed by atoms with E-state index in [0.29, 0.717) is 23.6 Å². The minimum Gasteiger partial charge on any atom is -0.493 e. The average molecular weight is 282 g/mol. The monoisotopic (exact) mass is 282 g/mol. The molecule has 104 valence electrons. The van der Waals surface area contributed by atoms with Crippen molar-refractivity contribution in [3.05, 3.63) is 18.2 Å². The number of nitrogens with one attached hydrogen (secondary N) is 1. The molecule has 0 aromatic heterocycles. The van der Waals surface area contributed by atoms with Gasteiger partial charge in [-0.05, 0) is 18.6 Å². The Morgan fingerprint density at radius 1 is 1.37 bits per heavy atom. The molecule has 1 atom stereocenters. The quantitative estimate of drug-likeness (QED) is 0.780. The van der Waals surface area contributed by atoms with Crippen molar-refractivity contribution in [3.8, 4) is 11.5 Å². The van der Waals surface area contributed by atoms with Crippen LogP contribution in [-0.2, 0) is 4.79 Å². The first kappa shape index (κ1) is 15.2. The zero-order valence-corrected chi connectivity index (χ0v) is 12.0. The van der Waals surface area contributed by atoms with Gasteiger partial charge in [0.15, 0.2) is 11.5 Å². The number of anilines is 1. The molecule has 0 aliphatic carbocycles. The van der Waals surface area contributed by atoms with Gasteiger partial charge in [-0.1, -0.05) is 19.1 Å². The van der Waals surface area contributed by atoms with Gasteiger partial charge < -0.3 is 20.5 Å². The lowest BCUT2D eigenvalue weighted by Gasteiger charge is -2.14. The van der Waals surface area contributed by atoms with Gasteiger partial charge in [-0.15, -0.1) is 0 Å². The summed E-state index contributed by atoms with van der Waals surface area (Å²) in [7, 11) is 3.09. The van der Waals surface area contributed by atoms with E-state index in [1.807, 2.05) is 6.92 Å². The number of hydrogen-bond acceptors (Lipinski definition) is 4. The van der Waals surface area contributed by atoms with E-state index in [1.165, 1.54) is 7.11 Å². The molecule has 5 nitrogen and oxygen atoms in total. The van der Waals surface area contributed by atoms with Gasteiger partial charge in [0.2, 0.25) is 5.91 Å². The molecule has 0 saturated heterocycles. The molecule has 6 heteroatoms. The second-order valence-corrected chi connectivity index (χ2v) is 4.39. The summed E-state index contributed by atoms with van der Waals surface area (Å²) in [5, 5.41) is 2.76. The van der Waals surface area contributed by atoms with Crippen LogP contribution in [-0.4, -0.2) is 25.1 Å². The van der Waals surface area contributed by atoms with E-state index in [1.54, 1.807) is 25.3 Å². The second kappa shape index (κ2) is 6.94. The fraction of sp³-hybridized carbons (Fsp3) is 0.385. The lowest BCUT2D eigenvalue weighted by molar-refractivity contribution is -0.118. The van der Waals surface area contributed by atoms with Gasteiger partial charge in [0.25, 0.3) is 0 Å². The van der Waals surface area contributed by atoms with Crippen molar-refractivity contribution in [2.24, 2.45) is 11.7 Å². The van der Waals surface area contributed by atoms with Crippen LogP contribution in [0.25, 0.3) is 0 Å². The Morgan fingerprint density at radius 2 is 2.00 bits per heavy atom. The Kier molecular flexibility index (Phi) is 5.57. The number of carbonyl (C=O) groups is 1. The highest BCUT2D eigenvalue weighted by Crippen LogP contribution is 2.29. The number of thiocarbonyl (C=S) groups is 1. The Hall–Kier alpha value is -1.82. The number of hydrogen-bond donors (Lipinski definition) is 2. The van der Waals surface area contributed by atoms with E-state index in [4.69, 9.17) is 27.4 Å². The summed E-state index contributed by atoms with van der Waals surface area (Å²) < 4.78 is 10.3. The van der Waals surface area contributed by atoms with E-state index in [2.05, 4.69) is 5.32 Å². The van der Waals surface area contributed by atoms with Crippen molar-refractivity contribution >= 4 is 28.8 Å². The van der Waals surface area contributed by atoms with Gasteiger partial charge in [-0.25, -0.2) is 0 Å². The van der Waals surface area contributed by atoms with Gasteiger partial charge in [0.1, 0.15) is 0 Å². The molecule has 0 aliphatic heterocycles. The normalized spacial score (nSPS) is 11.5. The second-order valence-electron chi connectivity index (χ2n) is 3.92. The summed E-state index contributed by atoms with van der Waals surface area (Å²) in [5.74, 6) is 0.455. The molecular formula is C13H18N2O3S. The first-order chi connectivity index (χ1) is 9.03. The first-order valence-electron chi connectivity index (χ1n) is 5.85. The highest BCUT2D eigenvalue weighted by atomic mass is 32.1. The highest BCUT2D eigenvalue weighted by molar-refractivity contribution is 7.80.